The van der Waals surface area contributed by atoms with Gasteiger partial charge in [0, 0.05) is 11.1 Å². The van der Waals surface area contributed by atoms with Crippen LogP contribution in [0.5, 0.6) is 0 Å². The summed E-state index contributed by atoms with van der Waals surface area (Å²) in [6.07, 6.45) is 1.50. The number of anilines is 2. The minimum Gasteiger partial charge on any atom is -0.467 e. The number of amides is 2. The zero-order chi connectivity index (χ0) is 25.3. The lowest BCUT2D eigenvalue weighted by atomic mass is 10.0. The molecule has 0 radical (unpaired) electrons. The van der Waals surface area contributed by atoms with E-state index in [-0.39, 0.29) is 28.4 Å². The molecule has 0 fully saturated rings. The number of halogens is 1. The topological polar surface area (TPSA) is 109 Å². The molecule has 2 N–H and O–H groups in total. The molecule has 0 bridgehead atoms. The number of carbonyl (C=O) groups excluding carboxylic acids is 2. The molecule has 5 rings (SSSR count). The fraction of sp³-hybridized carbons (Fsp3) is 0.0769. The van der Waals surface area contributed by atoms with Crippen molar-refractivity contribution in [3.05, 3.63) is 102 Å². The number of nitrogens with zero attached hydrogens (tertiary/aromatic N) is 1. The highest BCUT2D eigenvalue weighted by Gasteiger charge is 2.36. The van der Waals surface area contributed by atoms with E-state index in [1.54, 1.807) is 54.6 Å². The van der Waals surface area contributed by atoms with Crippen LogP contribution < -0.4 is 14.9 Å². The fourth-order valence-corrected chi connectivity index (χ4v) is 5.71. The zero-order valence-corrected chi connectivity index (χ0v) is 19.6. The molecule has 36 heavy (non-hydrogen) atoms. The van der Waals surface area contributed by atoms with Gasteiger partial charge in [-0.3, -0.25) is 13.9 Å². The van der Waals surface area contributed by atoms with Gasteiger partial charge in [0.15, 0.2) is 0 Å². The predicted molar refractivity (Wildman–Crippen MR) is 131 cm³/mol. The summed E-state index contributed by atoms with van der Waals surface area (Å²) in [5.74, 6) is -1.07. The number of sulfonamides is 1. The number of furan rings is 1. The van der Waals surface area contributed by atoms with Crippen LogP contribution in [0.25, 0.3) is 11.1 Å². The van der Waals surface area contributed by atoms with Crippen LogP contribution in [0.4, 0.5) is 15.8 Å². The van der Waals surface area contributed by atoms with Crippen molar-refractivity contribution in [2.75, 3.05) is 16.2 Å². The van der Waals surface area contributed by atoms with Gasteiger partial charge >= 0.3 is 0 Å². The molecule has 0 atom stereocenters. The summed E-state index contributed by atoms with van der Waals surface area (Å²) in [6, 6.07) is 19.8. The summed E-state index contributed by atoms with van der Waals surface area (Å²) in [6.45, 7) is -0.412. The first-order valence-electron chi connectivity index (χ1n) is 11.0. The van der Waals surface area contributed by atoms with E-state index in [2.05, 4.69) is 10.6 Å². The van der Waals surface area contributed by atoms with Gasteiger partial charge in [-0.2, -0.15) is 0 Å². The highest BCUT2D eigenvalue weighted by molar-refractivity contribution is 7.93. The molecule has 1 aliphatic heterocycles. The van der Waals surface area contributed by atoms with Gasteiger partial charge in [-0.1, -0.05) is 30.3 Å². The Bertz CT molecular complexity index is 1570. The quantitative estimate of drug-likeness (QED) is 0.409. The lowest BCUT2D eigenvalue weighted by Gasteiger charge is -2.31. The number of nitrogens with one attached hydrogen (secondary N) is 2. The Kier molecular flexibility index (Phi) is 6.03. The standard InChI is InChI=1S/C26H20FN3O5S/c27-17-11-12-23-21(14-17)19-7-2-4-10-24(19)36(33,34)30(23)16-25(31)29-22-9-3-1-8-20(22)26(32)28-15-18-6-5-13-35-18/h1-14H,15-16H2,(H,28,32)(H,29,31). The molecule has 3 aromatic carbocycles. The molecule has 8 nitrogen and oxygen atoms in total. The molecular weight excluding hydrogens is 485 g/mol. The molecule has 0 aliphatic carbocycles. The van der Waals surface area contributed by atoms with Crippen molar-refractivity contribution >= 4 is 33.2 Å². The Hall–Kier alpha value is -4.44. The highest BCUT2D eigenvalue weighted by Crippen LogP contribution is 2.43. The summed E-state index contributed by atoms with van der Waals surface area (Å²) in [4.78, 5) is 25.7. The Morgan fingerprint density at radius 1 is 0.917 bits per heavy atom. The van der Waals surface area contributed by atoms with Gasteiger partial charge in [-0.25, -0.2) is 12.8 Å². The van der Waals surface area contributed by atoms with Crippen LogP contribution in [0.2, 0.25) is 0 Å². The molecule has 2 heterocycles. The second-order valence-electron chi connectivity index (χ2n) is 8.03. The average molecular weight is 506 g/mol. The first-order chi connectivity index (χ1) is 17.3. The predicted octanol–water partition coefficient (Wildman–Crippen LogP) is 4.16. The largest absolute Gasteiger partial charge is 0.467 e. The van der Waals surface area contributed by atoms with Crippen molar-refractivity contribution in [1.29, 1.82) is 0 Å². The average Bonchev–Trinajstić information content (AvgIpc) is 3.39. The van der Waals surface area contributed by atoms with E-state index in [0.29, 0.717) is 16.9 Å². The van der Waals surface area contributed by atoms with Crippen molar-refractivity contribution in [2.45, 2.75) is 11.4 Å². The van der Waals surface area contributed by atoms with Crippen LogP contribution in [0.1, 0.15) is 16.1 Å². The molecule has 182 valence electrons. The number of rotatable bonds is 6. The molecule has 0 saturated heterocycles. The smallest absolute Gasteiger partial charge is 0.265 e. The van der Waals surface area contributed by atoms with Crippen molar-refractivity contribution in [3.63, 3.8) is 0 Å². The van der Waals surface area contributed by atoms with Crippen molar-refractivity contribution in [3.8, 4) is 11.1 Å². The summed E-state index contributed by atoms with van der Waals surface area (Å²) in [7, 11) is -4.10. The Morgan fingerprint density at radius 2 is 1.69 bits per heavy atom. The minimum absolute atomic E-state index is 0.0198. The molecular formula is C26H20FN3O5S. The SMILES string of the molecule is O=C(CN1c2ccc(F)cc2-c2ccccc2S1(=O)=O)Nc1ccccc1C(=O)NCc1ccco1. The van der Waals surface area contributed by atoms with Gasteiger partial charge in [0.2, 0.25) is 5.91 Å². The monoisotopic (exact) mass is 505 g/mol. The highest BCUT2D eigenvalue weighted by atomic mass is 32.2. The molecule has 0 unspecified atom stereocenters. The number of hydrogen-bond donors (Lipinski definition) is 2. The van der Waals surface area contributed by atoms with E-state index in [0.717, 1.165) is 10.4 Å². The van der Waals surface area contributed by atoms with Gasteiger partial charge in [-0.05, 0) is 48.5 Å². The summed E-state index contributed by atoms with van der Waals surface area (Å²) < 4.78 is 47.0. The number of carbonyl (C=O) groups is 2. The Balaban J connectivity index is 1.40. The van der Waals surface area contributed by atoms with Crippen LogP contribution in [0, 0.1) is 5.82 Å². The zero-order valence-electron chi connectivity index (χ0n) is 18.8. The van der Waals surface area contributed by atoms with Crippen molar-refractivity contribution in [2.24, 2.45) is 0 Å². The third-order valence-corrected chi connectivity index (χ3v) is 7.53. The molecule has 0 saturated carbocycles. The van der Waals surface area contributed by atoms with E-state index < -0.39 is 34.2 Å². The van der Waals surface area contributed by atoms with Crippen LogP contribution in [0.3, 0.4) is 0 Å². The summed E-state index contributed by atoms with van der Waals surface area (Å²) in [5, 5.41) is 5.35. The fourth-order valence-electron chi connectivity index (χ4n) is 4.06. The third kappa shape index (κ3) is 4.34. The number of hydrogen-bond acceptors (Lipinski definition) is 5. The minimum atomic E-state index is -4.10. The second-order valence-corrected chi connectivity index (χ2v) is 9.86. The molecule has 1 aromatic heterocycles. The number of para-hydroxylation sites is 1. The normalized spacial score (nSPS) is 13.4. The van der Waals surface area contributed by atoms with Crippen molar-refractivity contribution in [1.82, 2.24) is 5.32 Å². The first-order valence-corrected chi connectivity index (χ1v) is 12.4. The molecule has 0 spiro atoms. The van der Waals surface area contributed by atoms with E-state index in [9.17, 15) is 22.4 Å². The first kappa shape index (κ1) is 23.3. The maximum Gasteiger partial charge on any atom is 0.265 e. The van der Waals surface area contributed by atoms with E-state index in [1.165, 1.54) is 24.5 Å². The van der Waals surface area contributed by atoms with Crippen LogP contribution >= 0.6 is 0 Å². The molecule has 1 aliphatic rings. The van der Waals surface area contributed by atoms with Crippen LogP contribution in [-0.4, -0.2) is 26.8 Å². The Labute approximate surface area is 206 Å². The molecule has 2 amide bonds. The van der Waals surface area contributed by atoms with E-state index >= 15 is 0 Å². The van der Waals surface area contributed by atoms with Gasteiger partial charge < -0.3 is 15.1 Å². The second kappa shape index (κ2) is 9.31. The van der Waals surface area contributed by atoms with Gasteiger partial charge in [0.05, 0.1) is 34.6 Å². The lowest BCUT2D eigenvalue weighted by Crippen LogP contribution is -2.40. The van der Waals surface area contributed by atoms with Gasteiger partial charge in [-0.15, -0.1) is 0 Å². The summed E-state index contributed by atoms with van der Waals surface area (Å²) >= 11 is 0. The van der Waals surface area contributed by atoms with E-state index in [1.807, 2.05) is 0 Å². The third-order valence-electron chi connectivity index (χ3n) is 5.71. The van der Waals surface area contributed by atoms with Crippen LogP contribution in [-0.2, 0) is 21.4 Å². The summed E-state index contributed by atoms with van der Waals surface area (Å²) in [5.41, 5.74) is 1.34. The van der Waals surface area contributed by atoms with Crippen LogP contribution in [0.15, 0.2) is 94.4 Å². The van der Waals surface area contributed by atoms with Gasteiger partial charge in [0.1, 0.15) is 18.1 Å². The molecule has 4 aromatic rings. The maximum absolute atomic E-state index is 14.0. The maximum atomic E-state index is 14.0. The Morgan fingerprint density at radius 3 is 2.50 bits per heavy atom. The van der Waals surface area contributed by atoms with Gasteiger partial charge in [0.25, 0.3) is 15.9 Å². The van der Waals surface area contributed by atoms with E-state index in [4.69, 9.17) is 4.42 Å². The number of benzene rings is 3. The molecule has 10 heteroatoms. The van der Waals surface area contributed by atoms with Crippen molar-refractivity contribution < 1.29 is 26.8 Å². The number of fused-ring (bicyclic) bond motifs is 3. The lowest BCUT2D eigenvalue weighted by molar-refractivity contribution is -0.114.